The number of amides is 2. The number of piperidine rings is 1. The number of likely N-dealkylation sites (tertiary alicyclic amines) is 1. The highest BCUT2D eigenvalue weighted by Gasteiger charge is 2.37. The molecule has 1 fully saturated rings. The zero-order valence-corrected chi connectivity index (χ0v) is 25.0. The number of hydrogen-bond acceptors (Lipinski definition) is 4. The number of rotatable bonds is 4. The fraction of sp³-hybridized carbons (Fsp3) is 0.452. The van der Waals surface area contributed by atoms with Gasteiger partial charge in [0.05, 0.1) is 23.4 Å². The molecule has 0 radical (unpaired) electrons. The summed E-state index contributed by atoms with van der Waals surface area (Å²) in [6.07, 6.45) is 6.79. The van der Waals surface area contributed by atoms with E-state index in [-0.39, 0.29) is 11.9 Å². The number of halogens is 2. The van der Waals surface area contributed by atoms with Crippen LogP contribution in [0.25, 0.3) is 16.6 Å². The van der Waals surface area contributed by atoms with Crippen molar-refractivity contribution in [1.82, 2.24) is 19.4 Å². The zero-order valence-electron chi connectivity index (χ0n) is 23.5. The molecule has 9 heteroatoms. The first-order valence-electron chi connectivity index (χ1n) is 13.9. The van der Waals surface area contributed by atoms with E-state index in [4.69, 9.17) is 27.9 Å². The fourth-order valence-corrected chi connectivity index (χ4v) is 6.16. The highest BCUT2D eigenvalue weighted by atomic mass is 35.5. The van der Waals surface area contributed by atoms with E-state index in [0.717, 1.165) is 41.4 Å². The molecular formula is C31H36Cl2N4O3. The van der Waals surface area contributed by atoms with Crippen LogP contribution in [0.4, 0.5) is 4.79 Å². The van der Waals surface area contributed by atoms with Gasteiger partial charge in [-0.1, -0.05) is 41.4 Å². The van der Waals surface area contributed by atoms with Crippen LogP contribution in [0.1, 0.15) is 70.5 Å². The van der Waals surface area contributed by atoms with Gasteiger partial charge in [-0.25, -0.2) is 9.78 Å². The van der Waals surface area contributed by atoms with Crippen LogP contribution in [-0.2, 0) is 9.53 Å². The van der Waals surface area contributed by atoms with Crippen molar-refractivity contribution in [1.29, 1.82) is 0 Å². The number of carbonyl (C=O) groups excluding carboxylic acids is 2. The predicted molar refractivity (Wildman–Crippen MR) is 160 cm³/mol. The first kappa shape index (κ1) is 28.5. The van der Waals surface area contributed by atoms with E-state index in [1.807, 2.05) is 50.2 Å². The molecule has 1 aromatic heterocycles. The van der Waals surface area contributed by atoms with E-state index in [1.54, 1.807) is 11.0 Å². The highest BCUT2D eigenvalue weighted by Crippen LogP contribution is 2.33. The minimum absolute atomic E-state index is 0.00283. The van der Waals surface area contributed by atoms with Crippen LogP contribution < -0.4 is 0 Å². The third kappa shape index (κ3) is 6.01. The summed E-state index contributed by atoms with van der Waals surface area (Å²) in [7, 11) is 0. The molecule has 7 nitrogen and oxygen atoms in total. The Morgan fingerprint density at radius 1 is 1.07 bits per heavy atom. The number of hydrogen-bond donors (Lipinski definition) is 0. The van der Waals surface area contributed by atoms with Crippen LogP contribution in [0.3, 0.4) is 0 Å². The summed E-state index contributed by atoms with van der Waals surface area (Å²) < 4.78 is 7.73. The first-order valence-corrected chi connectivity index (χ1v) is 14.7. The zero-order chi connectivity index (χ0) is 28.6. The number of carbonyl (C=O) groups is 2. The van der Waals surface area contributed by atoms with Crippen molar-refractivity contribution in [2.24, 2.45) is 0 Å². The van der Waals surface area contributed by atoms with Crippen molar-refractivity contribution >= 4 is 51.8 Å². The van der Waals surface area contributed by atoms with Crippen molar-refractivity contribution < 1.29 is 14.3 Å². The van der Waals surface area contributed by atoms with Gasteiger partial charge < -0.3 is 14.2 Å². The van der Waals surface area contributed by atoms with Crippen LogP contribution in [0.2, 0.25) is 10.0 Å². The quantitative estimate of drug-likeness (QED) is 0.322. The van der Waals surface area contributed by atoms with E-state index < -0.39 is 17.7 Å². The Bertz CT molecular complexity index is 1460. The molecule has 0 bridgehead atoms. The largest absolute Gasteiger partial charge is 0.444 e. The van der Waals surface area contributed by atoms with Crippen LogP contribution in [0.5, 0.6) is 0 Å². The van der Waals surface area contributed by atoms with Gasteiger partial charge in [0, 0.05) is 29.7 Å². The molecule has 3 aromatic rings. The number of ether oxygens (including phenoxy) is 1. The number of benzene rings is 2. The molecular weight excluding hydrogens is 547 g/mol. The Balaban J connectivity index is 1.32. The number of imidazole rings is 1. The van der Waals surface area contributed by atoms with Gasteiger partial charge in [0.25, 0.3) is 0 Å². The van der Waals surface area contributed by atoms with Gasteiger partial charge in [0.1, 0.15) is 11.6 Å². The molecule has 0 spiro atoms. The average molecular weight is 584 g/mol. The normalized spacial score (nSPS) is 18.9. The van der Waals surface area contributed by atoms with Gasteiger partial charge in [-0.2, -0.15) is 0 Å². The van der Waals surface area contributed by atoms with E-state index in [9.17, 15) is 9.59 Å². The van der Waals surface area contributed by atoms with Crippen LogP contribution >= 0.6 is 23.2 Å². The maximum atomic E-state index is 13.5. The summed E-state index contributed by atoms with van der Waals surface area (Å²) in [4.78, 5) is 34.5. The van der Waals surface area contributed by atoms with E-state index in [1.165, 1.54) is 5.57 Å². The standard InChI is InChI=1S/C31H36Cl2N4O3/c1-20(24-10-9-23(32)18-25(24)33)37-19-34-26-11-8-22(17-28(26)37)21-12-15-35(16-13-21)29(38)27-7-5-6-14-36(27)30(39)40-31(2,3)4/h8-12,17-20,27H,5-7,13-16H2,1-4H3/t20-,27?/m1/s1. The predicted octanol–water partition coefficient (Wildman–Crippen LogP) is 7.36. The van der Waals surface area contributed by atoms with Gasteiger partial charge in [-0.3, -0.25) is 9.69 Å². The lowest BCUT2D eigenvalue weighted by Crippen LogP contribution is -2.54. The molecule has 2 aliphatic rings. The second kappa shape index (κ2) is 11.5. The van der Waals surface area contributed by atoms with Crippen LogP contribution in [-0.4, -0.2) is 62.6 Å². The minimum Gasteiger partial charge on any atom is -0.444 e. The molecule has 2 amide bonds. The Hall–Kier alpha value is -3.03. The molecule has 2 atom stereocenters. The highest BCUT2D eigenvalue weighted by molar-refractivity contribution is 6.35. The molecule has 1 saturated heterocycles. The molecule has 2 aromatic carbocycles. The minimum atomic E-state index is -0.597. The third-order valence-electron chi connectivity index (χ3n) is 7.71. The molecule has 0 saturated carbocycles. The van der Waals surface area contributed by atoms with Crippen molar-refractivity contribution in [2.75, 3.05) is 19.6 Å². The number of aromatic nitrogens is 2. The Kier molecular flexibility index (Phi) is 8.16. The first-order chi connectivity index (χ1) is 19.0. The Labute approximate surface area is 245 Å². The molecule has 212 valence electrons. The lowest BCUT2D eigenvalue weighted by Gasteiger charge is -2.39. The maximum Gasteiger partial charge on any atom is 0.410 e. The van der Waals surface area contributed by atoms with Crippen molar-refractivity contribution in [3.63, 3.8) is 0 Å². The average Bonchev–Trinajstić information content (AvgIpc) is 3.35. The third-order valence-corrected chi connectivity index (χ3v) is 8.27. The SMILES string of the molecule is C[C@H](c1ccc(Cl)cc1Cl)n1cnc2ccc(C3=CCN(C(=O)C4CCCCN4C(=O)OC(C)(C)C)CC3)cc21. The van der Waals surface area contributed by atoms with Gasteiger partial charge in [0.2, 0.25) is 5.91 Å². The second-order valence-corrected chi connectivity index (χ2v) is 12.5. The molecule has 1 unspecified atom stereocenters. The van der Waals surface area contributed by atoms with E-state index in [0.29, 0.717) is 36.1 Å². The molecule has 0 N–H and O–H groups in total. The second-order valence-electron chi connectivity index (χ2n) is 11.6. The summed E-state index contributed by atoms with van der Waals surface area (Å²) >= 11 is 12.6. The van der Waals surface area contributed by atoms with Crippen molar-refractivity contribution in [3.8, 4) is 0 Å². The summed E-state index contributed by atoms with van der Waals surface area (Å²) in [6.45, 7) is 9.31. The molecule has 3 heterocycles. The van der Waals surface area contributed by atoms with E-state index >= 15 is 0 Å². The van der Waals surface area contributed by atoms with Crippen molar-refractivity contribution in [3.05, 3.63) is 70.0 Å². The summed E-state index contributed by atoms with van der Waals surface area (Å²) in [5.74, 6) is 0.00283. The number of fused-ring (bicyclic) bond motifs is 1. The number of nitrogens with zero attached hydrogens (tertiary/aromatic N) is 4. The lowest BCUT2D eigenvalue weighted by molar-refractivity contribution is -0.137. The maximum absolute atomic E-state index is 13.5. The summed E-state index contributed by atoms with van der Waals surface area (Å²) in [5, 5.41) is 1.23. The fourth-order valence-electron chi connectivity index (χ4n) is 5.59. The van der Waals surface area contributed by atoms with E-state index in [2.05, 4.69) is 34.7 Å². The lowest BCUT2D eigenvalue weighted by atomic mass is 9.97. The van der Waals surface area contributed by atoms with Gasteiger partial charge in [-0.15, -0.1) is 0 Å². The van der Waals surface area contributed by atoms with Crippen molar-refractivity contribution in [2.45, 2.75) is 71.1 Å². The monoisotopic (exact) mass is 582 g/mol. The summed E-state index contributed by atoms with van der Waals surface area (Å²) in [6, 6.07) is 11.4. The van der Waals surface area contributed by atoms with Gasteiger partial charge in [-0.05, 0) is 94.3 Å². The van der Waals surface area contributed by atoms with Crippen LogP contribution in [0, 0.1) is 0 Å². The Morgan fingerprint density at radius 2 is 1.88 bits per heavy atom. The van der Waals surface area contributed by atoms with Crippen LogP contribution in [0.15, 0.2) is 48.8 Å². The van der Waals surface area contributed by atoms with Gasteiger partial charge in [0.15, 0.2) is 0 Å². The molecule has 40 heavy (non-hydrogen) atoms. The molecule has 5 rings (SSSR count). The summed E-state index contributed by atoms with van der Waals surface area (Å²) in [5.41, 5.74) is 4.62. The van der Waals surface area contributed by atoms with Gasteiger partial charge >= 0.3 is 6.09 Å². The topological polar surface area (TPSA) is 67.7 Å². The molecule has 0 aliphatic carbocycles. The molecule has 2 aliphatic heterocycles. The smallest absolute Gasteiger partial charge is 0.410 e. The Morgan fingerprint density at radius 3 is 2.58 bits per heavy atom.